The molecule has 286 valence electrons. The molecule has 0 amide bonds. The highest BCUT2D eigenvalue weighted by Crippen LogP contribution is 2.67. The number of para-hydroxylation sites is 2. The Balaban J connectivity index is 1.12. The molecule has 4 atom stereocenters. The first-order valence-electron chi connectivity index (χ1n) is 18.7. The fraction of sp³-hybridized carbons (Fsp3) is 0.238. The summed E-state index contributed by atoms with van der Waals surface area (Å²) < 4.78 is 33.4. The summed E-state index contributed by atoms with van der Waals surface area (Å²) in [4.78, 5) is 27.4. The molecule has 0 N–H and O–H groups in total. The summed E-state index contributed by atoms with van der Waals surface area (Å²) in [5.41, 5.74) is 7.49. The lowest BCUT2D eigenvalue weighted by Gasteiger charge is -2.47. The highest BCUT2D eigenvalue weighted by molar-refractivity contribution is 8.12. The van der Waals surface area contributed by atoms with Crippen molar-refractivity contribution in [3.8, 4) is 11.5 Å². The Morgan fingerprint density at radius 3 is 1.30 bits per heavy atom. The average Bonchev–Trinajstić information content (AvgIpc) is 3.81. The number of hydrogen-bond acceptors (Lipinski definition) is 8. The fourth-order valence-electron chi connectivity index (χ4n) is 8.11. The molecule has 0 aromatic heterocycles. The van der Waals surface area contributed by atoms with Crippen LogP contribution in [0.1, 0.15) is 59.3 Å². The summed E-state index contributed by atoms with van der Waals surface area (Å²) in [7, 11) is 0. The molecule has 4 aliphatic heterocycles. The van der Waals surface area contributed by atoms with E-state index in [0.29, 0.717) is 26.2 Å². The van der Waals surface area contributed by atoms with E-state index in [1.54, 1.807) is 0 Å². The molecule has 4 aliphatic rings. The lowest BCUT2D eigenvalue weighted by Crippen LogP contribution is -2.39. The van der Waals surface area contributed by atoms with E-state index in [4.69, 9.17) is 42.1 Å². The predicted octanol–water partition coefficient (Wildman–Crippen LogP) is 9.17. The summed E-state index contributed by atoms with van der Waals surface area (Å²) in [6.45, 7) is -0.294. The van der Waals surface area contributed by atoms with Gasteiger partial charge in [0.05, 0.1) is 26.3 Å². The van der Waals surface area contributed by atoms with E-state index in [9.17, 15) is 9.59 Å². The molecule has 5 aromatic carbocycles. The lowest BCUT2D eigenvalue weighted by atomic mass is 10.1. The van der Waals surface area contributed by atoms with Crippen LogP contribution in [0.5, 0.6) is 11.5 Å². The van der Waals surface area contributed by atoms with Crippen LogP contribution in [0.4, 0.5) is 11.4 Å². The number of hydrogen-bond donors (Lipinski definition) is 0. The van der Waals surface area contributed by atoms with Crippen molar-refractivity contribution in [2.45, 2.75) is 52.1 Å². The van der Waals surface area contributed by atoms with Crippen LogP contribution in [0.15, 0.2) is 121 Å². The minimum atomic E-state index is -3.15. The lowest BCUT2D eigenvalue weighted by molar-refractivity contribution is -0.148. The maximum atomic E-state index is 13.7. The molecule has 0 fully saturated rings. The summed E-state index contributed by atoms with van der Waals surface area (Å²) in [6.07, 6.45) is 0. The molecule has 0 saturated heterocycles. The molecule has 5 aromatic rings. The van der Waals surface area contributed by atoms with Crippen molar-refractivity contribution >= 4 is 60.1 Å². The van der Waals surface area contributed by atoms with Crippen LogP contribution >= 0.6 is 13.1 Å². The third kappa shape index (κ3) is 6.15. The second-order valence-electron chi connectivity index (χ2n) is 13.9. The normalized spacial score (nSPS) is 23.9. The third-order valence-electron chi connectivity index (χ3n) is 10.7. The zero-order chi connectivity index (χ0) is 38.6. The molecule has 4 unspecified atom stereocenters. The fourth-order valence-corrected chi connectivity index (χ4v) is 15.4. The molecule has 14 heteroatoms. The molecule has 0 saturated carbocycles. The van der Waals surface area contributed by atoms with Gasteiger partial charge in [-0.3, -0.25) is 9.34 Å². The molecular formula is C42H40N4O6P2S2. The molecule has 9 rings (SSSR count). The van der Waals surface area contributed by atoms with Gasteiger partial charge in [-0.2, -0.15) is 0 Å². The number of rotatable bonds is 8. The van der Waals surface area contributed by atoms with Crippen molar-refractivity contribution in [2.75, 3.05) is 22.6 Å². The van der Waals surface area contributed by atoms with E-state index in [1.165, 1.54) is 0 Å². The van der Waals surface area contributed by atoms with E-state index in [0.717, 1.165) is 56.3 Å². The van der Waals surface area contributed by atoms with Gasteiger partial charge in [0.25, 0.3) is 13.1 Å². The van der Waals surface area contributed by atoms with Gasteiger partial charge in [-0.25, -0.2) is 18.9 Å². The first-order valence-corrected chi connectivity index (χ1v) is 23.9. The van der Waals surface area contributed by atoms with Crippen molar-refractivity contribution in [3.63, 3.8) is 0 Å². The van der Waals surface area contributed by atoms with Gasteiger partial charge in [-0.15, -0.1) is 0 Å². The maximum absolute atomic E-state index is 13.7. The van der Waals surface area contributed by atoms with E-state index in [-0.39, 0.29) is 25.2 Å². The SMILES string of the molecule is CCOC(=O)C1c2ccccc2CN1P1(=S)Oc2ccccc2CN1c1ccc(N2Cc3ccccc3OP2(=S)N2Cc3ccccc3C2C(=O)OCC)cc1. The molecule has 56 heavy (non-hydrogen) atoms. The van der Waals surface area contributed by atoms with Gasteiger partial charge in [0.1, 0.15) is 23.6 Å². The summed E-state index contributed by atoms with van der Waals surface area (Å²) in [5, 5.41) is 0. The Hall–Kier alpha value is -4.54. The van der Waals surface area contributed by atoms with Gasteiger partial charge in [-0.1, -0.05) is 84.9 Å². The number of fused-ring (bicyclic) bond motifs is 4. The number of esters is 2. The topological polar surface area (TPSA) is 84.0 Å². The standard InChI is InChI=1S/C42H40N4O6P2S2/c1-3-49-41(47)39-35-17-9-5-13-29(35)25-45(39)53(55)43(27-31-15-7-11-19-37(31)51-53)33-21-23-34(24-22-33)44-28-32-16-8-12-20-38(32)52-54(44,56)46-26-30-14-6-10-18-36(30)40(46)42(48)50-4-2/h5-24,39-40H,3-4,25-28H2,1-2H3. The van der Waals surface area contributed by atoms with Crippen LogP contribution in [-0.2, 0) is 68.9 Å². The average molecular weight is 823 g/mol. The van der Waals surface area contributed by atoms with Gasteiger partial charge >= 0.3 is 11.9 Å². The van der Waals surface area contributed by atoms with Crippen LogP contribution in [0.2, 0.25) is 0 Å². The van der Waals surface area contributed by atoms with Crippen LogP contribution in [-0.4, -0.2) is 34.5 Å². The Labute approximate surface area is 336 Å². The number of carbonyl (C=O) groups is 2. The number of nitrogens with zero attached hydrogens (tertiary/aromatic N) is 4. The minimum Gasteiger partial charge on any atom is -0.465 e. The van der Waals surface area contributed by atoms with E-state index >= 15 is 0 Å². The number of benzene rings is 5. The Morgan fingerprint density at radius 2 is 0.911 bits per heavy atom. The predicted molar refractivity (Wildman–Crippen MR) is 224 cm³/mol. The van der Waals surface area contributed by atoms with Crippen LogP contribution in [0.25, 0.3) is 0 Å². The van der Waals surface area contributed by atoms with Gasteiger partial charge in [0.15, 0.2) is 0 Å². The van der Waals surface area contributed by atoms with E-state index in [1.807, 2.05) is 145 Å². The monoisotopic (exact) mass is 822 g/mol. The molecule has 10 nitrogen and oxygen atoms in total. The number of ether oxygens (including phenoxy) is 2. The van der Waals surface area contributed by atoms with Crippen molar-refractivity contribution in [2.24, 2.45) is 0 Å². The molecule has 0 bridgehead atoms. The zero-order valence-electron chi connectivity index (χ0n) is 30.9. The van der Waals surface area contributed by atoms with Gasteiger partial charge < -0.3 is 18.5 Å². The number of anilines is 2. The van der Waals surface area contributed by atoms with E-state index in [2.05, 4.69) is 9.34 Å². The van der Waals surface area contributed by atoms with Crippen molar-refractivity contribution in [3.05, 3.63) is 155 Å². The second-order valence-corrected chi connectivity index (χ2v) is 21.1. The molecule has 4 heterocycles. The molecule has 0 radical (unpaired) electrons. The van der Waals surface area contributed by atoms with Crippen molar-refractivity contribution in [1.29, 1.82) is 0 Å². The number of carbonyl (C=O) groups excluding carboxylic acids is 2. The Bertz CT molecular complexity index is 2280. The summed E-state index contributed by atoms with van der Waals surface area (Å²) >= 11 is 13.3. The van der Waals surface area contributed by atoms with E-state index < -0.39 is 25.2 Å². The Morgan fingerprint density at radius 1 is 0.554 bits per heavy atom. The smallest absolute Gasteiger partial charge is 0.328 e. The molecule has 0 aliphatic carbocycles. The highest BCUT2D eigenvalue weighted by Gasteiger charge is 2.52. The van der Waals surface area contributed by atoms with Crippen molar-refractivity contribution in [1.82, 2.24) is 9.34 Å². The molecule has 0 spiro atoms. The quantitative estimate of drug-likeness (QED) is 0.111. The largest absolute Gasteiger partial charge is 0.465 e. The van der Waals surface area contributed by atoms with Crippen molar-refractivity contribution < 1.29 is 28.1 Å². The van der Waals surface area contributed by atoms with Crippen LogP contribution in [0, 0.1) is 0 Å². The van der Waals surface area contributed by atoms with Gasteiger partial charge in [0, 0.05) is 35.6 Å². The zero-order valence-corrected chi connectivity index (χ0v) is 34.3. The summed E-state index contributed by atoms with van der Waals surface area (Å²) in [6, 6.07) is 38.5. The third-order valence-corrected chi connectivity index (χ3v) is 18.5. The second kappa shape index (κ2) is 14.8. The maximum Gasteiger partial charge on any atom is 0.328 e. The van der Waals surface area contributed by atoms with Crippen LogP contribution < -0.4 is 18.4 Å². The highest BCUT2D eigenvalue weighted by atomic mass is 32.5. The van der Waals surface area contributed by atoms with Crippen LogP contribution in [0.3, 0.4) is 0 Å². The molecular weight excluding hydrogens is 783 g/mol. The first-order chi connectivity index (χ1) is 27.2. The summed E-state index contributed by atoms with van der Waals surface area (Å²) in [5.74, 6) is 0.742. The van der Waals surface area contributed by atoms with Gasteiger partial charge in [-0.05, 0) is 96.1 Å². The minimum absolute atomic E-state index is 0.255. The van der Waals surface area contributed by atoms with Gasteiger partial charge in [0.2, 0.25) is 0 Å². The first kappa shape index (κ1) is 37.1. The Kier molecular flexibility index (Phi) is 9.77.